The molecule has 2 aromatic rings. The zero-order valence-corrected chi connectivity index (χ0v) is 17.4. The van der Waals surface area contributed by atoms with Gasteiger partial charge in [-0.3, -0.25) is 9.89 Å². The summed E-state index contributed by atoms with van der Waals surface area (Å²) >= 11 is 0. The lowest BCUT2D eigenvalue weighted by Crippen LogP contribution is -2.51. The molecule has 154 valence electrons. The minimum absolute atomic E-state index is 0.501. The third-order valence-electron chi connectivity index (χ3n) is 5.12. The topological polar surface area (TPSA) is 66.2 Å². The van der Waals surface area contributed by atoms with Crippen LogP contribution in [0.3, 0.4) is 0 Å². The van der Waals surface area contributed by atoms with Crippen LogP contribution in [0.2, 0.25) is 0 Å². The lowest BCUT2D eigenvalue weighted by atomic mass is 10.0. The fourth-order valence-electron chi connectivity index (χ4n) is 3.70. The van der Waals surface area contributed by atoms with Gasteiger partial charge in [-0.1, -0.05) is 19.9 Å². The van der Waals surface area contributed by atoms with Crippen molar-refractivity contribution in [1.82, 2.24) is 24.9 Å². The molecule has 1 aliphatic rings. The number of pyridine rings is 1. The van der Waals surface area contributed by atoms with Gasteiger partial charge in [0.05, 0.1) is 18.9 Å². The van der Waals surface area contributed by atoms with E-state index >= 15 is 0 Å². The van der Waals surface area contributed by atoms with Crippen molar-refractivity contribution in [3.05, 3.63) is 36.3 Å². The maximum Gasteiger partial charge on any atom is 0.191 e. The van der Waals surface area contributed by atoms with E-state index in [0.29, 0.717) is 12.0 Å². The van der Waals surface area contributed by atoms with Crippen LogP contribution in [0.1, 0.15) is 26.0 Å². The van der Waals surface area contributed by atoms with Crippen LogP contribution in [0.5, 0.6) is 0 Å². The Hall–Kier alpha value is -2.12. The summed E-state index contributed by atoms with van der Waals surface area (Å²) < 4.78 is 7.57. The van der Waals surface area contributed by atoms with E-state index in [1.807, 2.05) is 31.4 Å². The summed E-state index contributed by atoms with van der Waals surface area (Å²) in [5.41, 5.74) is 2.07. The smallest absolute Gasteiger partial charge is 0.191 e. The summed E-state index contributed by atoms with van der Waals surface area (Å²) in [6.07, 6.45) is 6.15. The molecule has 0 aromatic carbocycles. The number of hydrogen-bond acceptors (Lipinski definition) is 4. The van der Waals surface area contributed by atoms with Crippen molar-refractivity contribution in [3.63, 3.8) is 0 Å². The first-order valence-corrected chi connectivity index (χ1v) is 10.3. The highest BCUT2D eigenvalue weighted by Gasteiger charge is 2.22. The van der Waals surface area contributed by atoms with Crippen molar-refractivity contribution in [2.45, 2.75) is 32.7 Å². The average Bonchev–Trinajstić information content (AvgIpc) is 3.12. The first-order chi connectivity index (χ1) is 13.7. The van der Waals surface area contributed by atoms with Gasteiger partial charge in [0, 0.05) is 58.1 Å². The number of imidazole rings is 1. The molecular weight excluding hydrogens is 352 g/mol. The molecule has 0 radical (unpaired) electrons. The van der Waals surface area contributed by atoms with Gasteiger partial charge in [-0.15, -0.1) is 0 Å². The Morgan fingerprint density at radius 3 is 2.79 bits per heavy atom. The van der Waals surface area contributed by atoms with Crippen molar-refractivity contribution in [1.29, 1.82) is 0 Å². The van der Waals surface area contributed by atoms with Crippen molar-refractivity contribution in [2.75, 3.05) is 46.4 Å². The number of aliphatic imine (C=N–C) groups is 1. The number of aromatic nitrogens is 2. The van der Waals surface area contributed by atoms with Crippen LogP contribution in [-0.4, -0.2) is 72.7 Å². The van der Waals surface area contributed by atoms with Crippen molar-refractivity contribution < 1.29 is 4.74 Å². The second-order valence-electron chi connectivity index (χ2n) is 7.76. The number of guanidine groups is 1. The summed E-state index contributed by atoms with van der Waals surface area (Å²) in [7, 11) is 1.83. The maximum atomic E-state index is 5.51. The normalized spacial score (nSPS) is 17.2. The number of nitrogens with zero attached hydrogens (tertiary/aromatic N) is 4. The highest BCUT2D eigenvalue weighted by Crippen LogP contribution is 2.13. The molecule has 28 heavy (non-hydrogen) atoms. The molecule has 7 heteroatoms. The second kappa shape index (κ2) is 10.4. The summed E-state index contributed by atoms with van der Waals surface area (Å²) in [6, 6.07) is 6.56. The number of morpholine rings is 1. The lowest BCUT2D eigenvalue weighted by molar-refractivity contribution is 0.0132. The van der Waals surface area contributed by atoms with Gasteiger partial charge < -0.3 is 19.8 Å². The van der Waals surface area contributed by atoms with Gasteiger partial charge >= 0.3 is 0 Å². The Morgan fingerprint density at radius 1 is 1.25 bits per heavy atom. The highest BCUT2D eigenvalue weighted by molar-refractivity contribution is 5.79. The molecule has 7 nitrogen and oxygen atoms in total. The van der Waals surface area contributed by atoms with Crippen LogP contribution < -0.4 is 10.6 Å². The largest absolute Gasteiger partial charge is 0.379 e. The minimum atomic E-state index is 0.501. The second-order valence-corrected chi connectivity index (χ2v) is 7.76. The standard InChI is InChI=1S/C21H34N6O/c1-17(2)14-19(26-10-12-28-13-11-26)15-24-21(22-3)23-8-7-18-16-27-9-5-4-6-20(27)25-18/h4-6,9,16-17,19H,7-8,10-15H2,1-3H3,(H2,22,23,24). The predicted octanol–water partition coefficient (Wildman–Crippen LogP) is 1.79. The molecule has 1 aliphatic heterocycles. The van der Waals surface area contributed by atoms with E-state index in [4.69, 9.17) is 4.74 Å². The Kier molecular flexibility index (Phi) is 7.68. The van der Waals surface area contributed by atoms with Gasteiger partial charge in [-0.2, -0.15) is 0 Å². The number of rotatable bonds is 8. The minimum Gasteiger partial charge on any atom is -0.379 e. The van der Waals surface area contributed by atoms with Gasteiger partial charge in [0.1, 0.15) is 5.65 Å². The zero-order valence-electron chi connectivity index (χ0n) is 17.4. The molecule has 1 saturated heterocycles. The molecule has 3 rings (SSSR count). The van der Waals surface area contributed by atoms with E-state index in [9.17, 15) is 0 Å². The van der Waals surface area contributed by atoms with Gasteiger partial charge in [-0.25, -0.2) is 4.98 Å². The zero-order chi connectivity index (χ0) is 19.8. The Balaban J connectivity index is 1.47. The van der Waals surface area contributed by atoms with E-state index in [0.717, 1.165) is 63.1 Å². The molecule has 1 atom stereocenters. The van der Waals surface area contributed by atoms with Crippen LogP contribution in [0.4, 0.5) is 0 Å². The maximum absolute atomic E-state index is 5.51. The molecule has 2 N–H and O–H groups in total. The van der Waals surface area contributed by atoms with Gasteiger partial charge in [0.25, 0.3) is 0 Å². The molecule has 0 aliphatic carbocycles. The summed E-state index contributed by atoms with van der Waals surface area (Å²) in [5.74, 6) is 1.52. The molecule has 2 aromatic heterocycles. The van der Waals surface area contributed by atoms with Gasteiger partial charge in [0.15, 0.2) is 5.96 Å². The SMILES string of the molecule is CN=C(NCCc1cn2ccccc2n1)NCC(CC(C)C)N1CCOCC1. The Morgan fingerprint density at radius 2 is 2.07 bits per heavy atom. The lowest BCUT2D eigenvalue weighted by Gasteiger charge is -2.35. The van der Waals surface area contributed by atoms with E-state index in [2.05, 4.69) is 50.0 Å². The predicted molar refractivity (Wildman–Crippen MR) is 114 cm³/mol. The van der Waals surface area contributed by atoms with E-state index < -0.39 is 0 Å². The average molecular weight is 387 g/mol. The summed E-state index contributed by atoms with van der Waals surface area (Å²) in [4.78, 5) is 11.6. The quantitative estimate of drug-likeness (QED) is 0.535. The van der Waals surface area contributed by atoms with Gasteiger partial charge in [0.2, 0.25) is 0 Å². The monoisotopic (exact) mass is 386 g/mol. The molecule has 3 heterocycles. The van der Waals surface area contributed by atoms with Crippen LogP contribution >= 0.6 is 0 Å². The fraction of sp³-hybridized carbons (Fsp3) is 0.619. The first-order valence-electron chi connectivity index (χ1n) is 10.3. The van der Waals surface area contributed by atoms with E-state index in [-0.39, 0.29) is 0 Å². The molecule has 0 saturated carbocycles. The molecule has 0 amide bonds. The molecule has 0 bridgehead atoms. The summed E-state index contributed by atoms with van der Waals surface area (Å²) in [5, 5.41) is 6.94. The Labute approximate surface area is 168 Å². The fourth-order valence-corrected chi connectivity index (χ4v) is 3.70. The molecule has 1 unspecified atom stereocenters. The van der Waals surface area contributed by atoms with Gasteiger partial charge in [-0.05, 0) is 24.5 Å². The van der Waals surface area contributed by atoms with Crippen molar-refractivity contribution in [3.8, 4) is 0 Å². The third kappa shape index (κ3) is 5.94. The third-order valence-corrected chi connectivity index (χ3v) is 5.12. The Bertz CT molecular complexity index is 717. The van der Waals surface area contributed by atoms with Crippen molar-refractivity contribution in [2.24, 2.45) is 10.9 Å². The number of ether oxygens (including phenoxy) is 1. The number of fused-ring (bicyclic) bond motifs is 1. The van der Waals surface area contributed by atoms with Crippen LogP contribution in [0.25, 0.3) is 5.65 Å². The van der Waals surface area contributed by atoms with Crippen molar-refractivity contribution >= 4 is 11.6 Å². The van der Waals surface area contributed by atoms with Crippen LogP contribution in [-0.2, 0) is 11.2 Å². The van der Waals surface area contributed by atoms with E-state index in [1.165, 1.54) is 6.42 Å². The molecule has 1 fully saturated rings. The van der Waals surface area contributed by atoms with Crippen LogP contribution in [0, 0.1) is 5.92 Å². The van der Waals surface area contributed by atoms with Crippen LogP contribution in [0.15, 0.2) is 35.6 Å². The molecular formula is C21H34N6O. The highest BCUT2D eigenvalue weighted by atomic mass is 16.5. The molecule has 0 spiro atoms. The number of nitrogens with one attached hydrogen (secondary N) is 2. The van der Waals surface area contributed by atoms with E-state index in [1.54, 1.807) is 0 Å². The summed E-state index contributed by atoms with van der Waals surface area (Å²) in [6.45, 7) is 9.96. The first kappa shape index (κ1) is 20.6. The number of hydrogen-bond donors (Lipinski definition) is 2.